The topological polar surface area (TPSA) is 12.0 Å². The lowest BCUT2D eigenvalue weighted by Crippen LogP contribution is -2.18. The fourth-order valence-electron chi connectivity index (χ4n) is 2.19. The Balaban J connectivity index is 1.97. The standard InChI is InChI=1S/C18H21Cl2N/c1-12(2)15-6-4-14(5-7-15)11-21-13(3)16-8-9-17(19)18(20)10-16/h4-10,12-13,21H,11H2,1-3H3. The lowest BCUT2D eigenvalue weighted by atomic mass is 10.0. The smallest absolute Gasteiger partial charge is 0.0595 e. The van der Waals surface area contributed by atoms with Crippen molar-refractivity contribution in [2.75, 3.05) is 0 Å². The van der Waals surface area contributed by atoms with Crippen molar-refractivity contribution in [2.24, 2.45) is 0 Å². The molecule has 0 aliphatic rings. The van der Waals surface area contributed by atoms with Gasteiger partial charge in [0.05, 0.1) is 10.0 Å². The summed E-state index contributed by atoms with van der Waals surface area (Å²) in [7, 11) is 0. The molecule has 1 unspecified atom stereocenters. The average Bonchev–Trinajstić information content (AvgIpc) is 2.48. The van der Waals surface area contributed by atoms with E-state index in [1.165, 1.54) is 11.1 Å². The lowest BCUT2D eigenvalue weighted by Gasteiger charge is -2.15. The highest BCUT2D eigenvalue weighted by atomic mass is 35.5. The number of rotatable bonds is 5. The van der Waals surface area contributed by atoms with Gasteiger partial charge in [-0.15, -0.1) is 0 Å². The van der Waals surface area contributed by atoms with E-state index in [1.54, 1.807) is 0 Å². The van der Waals surface area contributed by atoms with E-state index >= 15 is 0 Å². The van der Waals surface area contributed by atoms with Crippen LogP contribution in [0, 0.1) is 0 Å². The van der Waals surface area contributed by atoms with Crippen LogP contribution in [0.5, 0.6) is 0 Å². The van der Waals surface area contributed by atoms with Crippen LogP contribution in [0.3, 0.4) is 0 Å². The molecule has 0 aromatic heterocycles. The summed E-state index contributed by atoms with van der Waals surface area (Å²) in [6.45, 7) is 7.38. The number of hydrogen-bond acceptors (Lipinski definition) is 1. The van der Waals surface area contributed by atoms with Crippen molar-refractivity contribution >= 4 is 23.2 Å². The summed E-state index contributed by atoms with van der Waals surface area (Å²) in [4.78, 5) is 0. The van der Waals surface area contributed by atoms with Crippen LogP contribution < -0.4 is 5.32 Å². The second-order valence-corrected chi connectivity index (χ2v) is 6.49. The highest BCUT2D eigenvalue weighted by Gasteiger charge is 2.07. The molecule has 2 aromatic carbocycles. The molecular weight excluding hydrogens is 301 g/mol. The summed E-state index contributed by atoms with van der Waals surface area (Å²) >= 11 is 12.0. The average molecular weight is 322 g/mol. The van der Waals surface area contributed by atoms with Crippen molar-refractivity contribution in [2.45, 2.75) is 39.3 Å². The van der Waals surface area contributed by atoms with Crippen LogP contribution in [0.1, 0.15) is 49.4 Å². The molecule has 0 amide bonds. The van der Waals surface area contributed by atoms with Gasteiger partial charge in [-0.05, 0) is 41.7 Å². The van der Waals surface area contributed by atoms with E-state index in [1.807, 2.05) is 18.2 Å². The first-order chi connectivity index (χ1) is 9.97. The van der Waals surface area contributed by atoms with Gasteiger partial charge in [0.25, 0.3) is 0 Å². The maximum absolute atomic E-state index is 6.06. The molecule has 2 aromatic rings. The first kappa shape index (κ1) is 16.4. The Labute approximate surface area is 137 Å². The first-order valence-corrected chi connectivity index (χ1v) is 8.00. The molecule has 0 saturated carbocycles. The monoisotopic (exact) mass is 321 g/mol. The highest BCUT2D eigenvalue weighted by molar-refractivity contribution is 6.42. The Morgan fingerprint density at radius 2 is 1.48 bits per heavy atom. The Morgan fingerprint density at radius 1 is 0.857 bits per heavy atom. The van der Waals surface area contributed by atoms with Crippen LogP contribution in [0.4, 0.5) is 0 Å². The van der Waals surface area contributed by atoms with Gasteiger partial charge in [-0.25, -0.2) is 0 Å². The zero-order chi connectivity index (χ0) is 15.4. The Morgan fingerprint density at radius 3 is 2.05 bits per heavy atom. The van der Waals surface area contributed by atoms with Gasteiger partial charge in [0, 0.05) is 12.6 Å². The summed E-state index contributed by atoms with van der Waals surface area (Å²) < 4.78 is 0. The molecule has 0 radical (unpaired) electrons. The molecule has 2 rings (SSSR count). The van der Waals surface area contributed by atoms with Gasteiger partial charge in [-0.1, -0.05) is 67.4 Å². The van der Waals surface area contributed by atoms with Crippen molar-refractivity contribution in [1.29, 1.82) is 0 Å². The molecule has 1 atom stereocenters. The van der Waals surface area contributed by atoms with Crippen LogP contribution in [0.15, 0.2) is 42.5 Å². The van der Waals surface area contributed by atoms with E-state index in [9.17, 15) is 0 Å². The molecule has 0 aliphatic carbocycles. The van der Waals surface area contributed by atoms with E-state index in [0.717, 1.165) is 12.1 Å². The maximum atomic E-state index is 6.06. The minimum atomic E-state index is 0.226. The van der Waals surface area contributed by atoms with Crippen LogP contribution >= 0.6 is 23.2 Å². The van der Waals surface area contributed by atoms with Gasteiger partial charge in [0.2, 0.25) is 0 Å². The van der Waals surface area contributed by atoms with Gasteiger partial charge in [0.1, 0.15) is 0 Å². The largest absolute Gasteiger partial charge is 0.306 e. The first-order valence-electron chi connectivity index (χ1n) is 7.24. The molecule has 112 valence electrons. The summed E-state index contributed by atoms with van der Waals surface area (Å²) in [5, 5.41) is 4.70. The summed E-state index contributed by atoms with van der Waals surface area (Å²) in [5.74, 6) is 0.571. The van der Waals surface area contributed by atoms with E-state index in [0.29, 0.717) is 16.0 Å². The number of hydrogen-bond donors (Lipinski definition) is 1. The third-order valence-corrected chi connectivity index (χ3v) is 4.44. The molecule has 0 heterocycles. The molecule has 0 saturated heterocycles. The predicted molar refractivity (Wildman–Crippen MR) is 92.2 cm³/mol. The molecule has 1 N–H and O–H groups in total. The van der Waals surface area contributed by atoms with E-state index < -0.39 is 0 Å². The van der Waals surface area contributed by atoms with Crippen molar-refractivity contribution in [1.82, 2.24) is 5.32 Å². The summed E-state index contributed by atoms with van der Waals surface area (Å²) in [6, 6.07) is 14.8. The molecule has 0 aliphatic heterocycles. The Kier molecular flexibility index (Phi) is 5.69. The lowest BCUT2D eigenvalue weighted by molar-refractivity contribution is 0.574. The fraction of sp³-hybridized carbons (Fsp3) is 0.333. The number of benzene rings is 2. The molecular formula is C18H21Cl2N. The van der Waals surface area contributed by atoms with Crippen molar-refractivity contribution < 1.29 is 0 Å². The van der Waals surface area contributed by atoms with Crippen molar-refractivity contribution in [3.05, 3.63) is 69.2 Å². The minimum absolute atomic E-state index is 0.226. The zero-order valence-electron chi connectivity index (χ0n) is 12.7. The second-order valence-electron chi connectivity index (χ2n) is 5.67. The van der Waals surface area contributed by atoms with Crippen LogP contribution in [-0.2, 0) is 6.54 Å². The van der Waals surface area contributed by atoms with Crippen LogP contribution in [0.25, 0.3) is 0 Å². The number of nitrogens with one attached hydrogen (secondary N) is 1. The van der Waals surface area contributed by atoms with Gasteiger partial charge in [0.15, 0.2) is 0 Å². The third-order valence-electron chi connectivity index (χ3n) is 3.70. The molecule has 3 heteroatoms. The van der Waals surface area contributed by atoms with E-state index in [2.05, 4.69) is 50.4 Å². The maximum Gasteiger partial charge on any atom is 0.0595 e. The van der Waals surface area contributed by atoms with Gasteiger partial charge in [-0.3, -0.25) is 0 Å². The van der Waals surface area contributed by atoms with E-state index in [-0.39, 0.29) is 6.04 Å². The zero-order valence-corrected chi connectivity index (χ0v) is 14.2. The molecule has 1 nitrogen and oxygen atoms in total. The van der Waals surface area contributed by atoms with Gasteiger partial charge in [-0.2, -0.15) is 0 Å². The highest BCUT2D eigenvalue weighted by Crippen LogP contribution is 2.25. The molecule has 21 heavy (non-hydrogen) atoms. The fourth-order valence-corrected chi connectivity index (χ4v) is 2.50. The van der Waals surface area contributed by atoms with Crippen molar-refractivity contribution in [3.63, 3.8) is 0 Å². The third kappa shape index (κ3) is 4.47. The minimum Gasteiger partial charge on any atom is -0.306 e. The summed E-state index contributed by atoms with van der Waals surface area (Å²) in [6.07, 6.45) is 0. The van der Waals surface area contributed by atoms with Crippen molar-refractivity contribution in [3.8, 4) is 0 Å². The van der Waals surface area contributed by atoms with Crippen LogP contribution in [0.2, 0.25) is 10.0 Å². The predicted octanol–water partition coefficient (Wildman–Crippen LogP) is 5.97. The van der Waals surface area contributed by atoms with Gasteiger partial charge >= 0.3 is 0 Å². The quantitative estimate of drug-likeness (QED) is 0.715. The number of halogens is 2. The Hall–Kier alpha value is -1.02. The van der Waals surface area contributed by atoms with Crippen LogP contribution in [-0.4, -0.2) is 0 Å². The van der Waals surface area contributed by atoms with Gasteiger partial charge < -0.3 is 5.32 Å². The SMILES string of the molecule is CC(C)c1ccc(CNC(C)c2ccc(Cl)c(Cl)c2)cc1. The van der Waals surface area contributed by atoms with E-state index in [4.69, 9.17) is 23.2 Å². The molecule has 0 spiro atoms. The Bertz CT molecular complexity index is 591. The molecule has 0 fully saturated rings. The normalized spacial score (nSPS) is 12.7. The second kappa shape index (κ2) is 7.31. The molecule has 0 bridgehead atoms. The summed E-state index contributed by atoms with van der Waals surface area (Å²) in [5.41, 5.74) is 3.80.